The van der Waals surface area contributed by atoms with Crippen LogP contribution in [0.2, 0.25) is 0 Å². The van der Waals surface area contributed by atoms with Crippen molar-refractivity contribution in [2.24, 2.45) is 0 Å². The Bertz CT molecular complexity index is 812. The highest BCUT2D eigenvalue weighted by molar-refractivity contribution is 9.10. The van der Waals surface area contributed by atoms with Crippen LogP contribution in [0.5, 0.6) is 0 Å². The summed E-state index contributed by atoms with van der Waals surface area (Å²) in [4.78, 5) is 8.95. The number of hydrogen-bond donors (Lipinski definition) is 0. The lowest BCUT2D eigenvalue weighted by Crippen LogP contribution is -2.02. The topological polar surface area (TPSA) is 54.5 Å². The number of imidazole rings is 1. The summed E-state index contributed by atoms with van der Waals surface area (Å²) in [6.07, 6.45) is 1.78. The number of hydrogen-bond acceptors (Lipinski definition) is 3. The standard InChI is InChI=1S/C15H11BrN4/c1-10-19-14-6-13(16)8-18-15(14)20(10)9-12-4-2-11(7-17)3-5-12/h2-6,8H,9H2,1H3. The van der Waals surface area contributed by atoms with Crippen molar-refractivity contribution in [3.63, 3.8) is 0 Å². The molecule has 0 amide bonds. The molecule has 20 heavy (non-hydrogen) atoms. The zero-order valence-electron chi connectivity index (χ0n) is 10.8. The van der Waals surface area contributed by atoms with Crippen LogP contribution < -0.4 is 0 Å². The average Bonchev–Trinajstić information content (AvgIpc) is 2.75. The Hall–Kier alpha value is -2.19. The molecule has 0 saturated carbocycles. The average molecular weight is 327 g/mol. The Kier molecular flexibility index (Phi) is 3.25. The van der Waals surface area contributed by atoms with E-state index in [9.17, 15) is 0 Å². The molecule has 98 valence electrons. The van der Waals surface area contributed by atoms with E-state index in [0.29, 0.717) is 12.1 Å². The minimum Gasteiger partial charge on any atom is -0.308 e. The zero-order valence-corrected chi connectivity index (χ0v) is 12.4. The smallest absolute Gasteiger partial charge is 0.160 e. The molecule has 0 aliphatic rings. The number of benzene rings is 1. The zero-order chi connectivity index (χ0) is 14.1. The number of pyridine rings is 1. The Morgan fingerprint density at radius 1 is 1.30 bits per heavy atom. The van der Waals surface area contributed by atoms with E-state index in [1.165, 1.54) is 0 Å². The van der Waals surface area contributed by atoms with Crippen molar-refractivity contribution in [3.8, 4) is 6.07 Å². The largest absolute Gasteiger partial charge is 0.308 e. The van der Waals surface area contributed by atoms with Gasteiger partial charge in [-0.1, -0.05) is 12.1 Å². The van der Waals surface area contributed by atoms with Crippen molar-refractivity contribution < 1.29 is 0 Å². The molecule has 3 aromatic rings. The molecule has 0 fully saturated rings. The van der Waals surface area contributed by atoms with Crippen LogP contribution in [0.15, 0.2) is 41.0 Å². The number of aromatic nitrogens is 3. The Labute approximate surface area is 124 Å². The fourth-order valence-corrected chi connectivity index (χ4v) is 2.48. The summed E-state index contributed by atoms with van der Waals surface area (Å²) >= 11 is 3.41. The van der Waals surface area contributed by atoms with E-state index >= 15 is 0 Å². The van der Waals surface area contributed by atoms with Gasteiger partial charge in [0.15, 0.2) is 5.65 Å². The third kappa shape index (κ3) is 2.30. The predicted octanol–water partition coefficient (Wildman–Crippen LogP) is 3.42. The van der Waals surface area contributed by atoms with Crippen LogP contribution in [0.3, 0.4) is 0 Å². The highest BCUT2D eigenvalue weighted by Crippen LogP contribution is 2.19. The number of rotatable bonds is 2. The van der Waals surface area contributed by atoms with Crippen LogP contribution in [0.4, 0.5) is 0 Å². The number of fused-ring (bicyclic) bond motifs is 1. The van der Waals surface area contributed by atoms with Gasteiger partial charge in [-0.15, -0.1) is 0 Å². The van der Waals surface area contributed by atoms with Crippen LogP contribution in [0.1, 0.15) is 17.0 Å². The normalized spacial score (nSPS) is 10.7. The van der Waals surface area contributed by atoms with Crippen molar-refractivity contribution in [1.29, 1.82) is 5.26 Å². The van der Waals surface area contributed by atoms with Crippen molar-refractivity contribution >= 4 is 27.1 Å². The summed E-state index contributed by atoms with van der Waals surface area (Å²) in [5.74, 6) is 0.926. The van der Waals surface area contributed by atoms with Gasteiger partial charge in [0.25, 0.3) is 0 Å². The lowest BCUT2D eigenvalue weighted by atomic mass is 10.1. The number of halogens is 1. The molecule has 0 N–H and O–H groups in total. The first-order valence-electron chi connectivity index (χ1n) is 6.15. The molecule has 5 heteroatoms. The van der Waals surface area contributed by atoms with Crippen molar-refractivity contribution in [2.75, 3.05) is 0 Å². The molecular weight excluding hydrogens is 316 g/mol. The molecule has 2 heterocycles. The van der Waals surface area contributed by atoms with Gasteiger partial charge in [-0.05, 0) is 46.6 Å². The summed E-state index contributed by atoms with van der Waals surface area (Å²) in [6, 6.07) is 11.7. The summed E-state index contributed by atoms with van der Waals surface area (Å²) in [5.41, 5.74) is 3.54. The van der Waals surface area contributed by atoms with Gasteiger partial charge in [-0.25, -0.2) is 9.97 Å². The lowest BCUT2D eigenvalue weighted by molar-refractivity contribution is 0.777. The van der Waals surface area contributed by atoms with Gasteiger partial charge in [-0.2, -0.15) is 5.26 Å². The highest BCUT2D eigenvalue weighted by atomic mass is 79.9. The van der Waals surface area contributed by atoms with Crippen LogP contribution in [-0.4, -0.2) is 14.5 Å². The number of aryl methyl sites for hydroxylation is 1. The van der Waals surface area contributed by atoms with Crippen LogP contribution in [0.25, 0.3) is 11.2 Å². The first-order valence-corrected chi connectivity index (χ1v) is 6.94. The Balaban J connectivity index is 2.01. The second-order valence-corrected chi connectivity index (χ2v) is 5.47. The fourth-order valence-electron chi connectivity index (χ4n) is 2.16. The Morgan fingerprint density at radius 2 is 2.05 bits per heavy atom. The number of nitrogens with zero attached hydrogens (tertiary/aromatic N) is 4. The summed E-state index contributed by atoms with van der Waals surface area (Å²) in [5, 5.41) is 8.82. The molecule has 0 aliphatic carbocycles. The lowest BCUT2D eigenvalue weighted by Gasteiger charge is -2.06. The van der Waals surface area contributed by atoms with Gasteiger partial charge in [0.2, 0.25) is 0 Å². The molecule has 0 saturated heterocycles. The highest BCUT2D eigenvalue weighted by Gasteiger charge is 2.09. The fraction of sp³-hybridized carbons (Fsp3) is 0.133. The minimum absolute atomic E-state index is 0.669. The molecule has 0 atom stereocenters. The van der Waals surface area contributed by atoms with Gasteiger partial charge in [0, 0.05) is 10.7 Å². The maximum absolute atomic E-state index is 8.82. The van der Waals surface area contributed by atoms with E-state index in [1.54, 1.807) is 6.20 Å². The second kappa shape index (κ2) is 5.06. The van der Waals surface area contributed by atoms with E-state index in [1.807, 2.05) is 37.3 Å². The van der Waals surface area contributed by atoms with E-state index in [2.05, 4.69) is 36.5 Å². The molecule has 1 aromatic carbocycles. The second-order valence-electron chi connectivity index (χ2n) is 4.55. The van der Waals surface area contributed by atoms with Crippen molar-refractivity contribution in [1.82, 2.24) is 14.5 Å². The van der Waals surface area contributed by atoms with E-state index in [0.717, 1.165) is 27.0 Å². The predicted molar refractivity (Wildman–Crippen MR) is 80.2 cm³/mol. The minimum atomic E-state index is 0.669. The molecule has 4 nitrogen and oxygen atoms in total. The first kappa shape index (κ1) is 12.8. The maximum atomic E-state index is 8.82. The van der Waals surface area contributed by atoms with Gasteiger partial charge in [0.1, 0.15) is 11.3 Å². The first-order chi connectivity index (χ1) is 9.67. The molecular formula is C15H11BrN4. The third-order valence-electron chi connectivity index (χ3n) is 3.17. The molecule has 0 radical (unpaired) electrons. The quantitative estimate of drug-likeness (QED) is 0.725. The Morgan fingerprint density at radius 3 is 2.75 bits per heavy atom. The van der Waals surface area contributed by atoms with Crippen LogP contribution >= 0.6 is 15.9 Å². The van der Waals surface area contributed by atoms with Crippen molar-refractivity contribution in [2.45, 2.75) is 13.5 Å². The van der Waals surface area contributed by atoms with Gasteiger partial charge >= 0.3 is 0 Å². The number of nitriles is 1. The van der Waals surface area contributed by atoms with Crippen LogP contribution in [0, 0.1) is 18.3 Å². The van der Waals surface area contributed by atoms with Gasteiger partial charge < -0.3 is 4.57 Å². The SMILES string of the molecule is Cc1nc2cc(Br)cnc2n1Cc1ccc(C#N)cc1. The molecule has 3 rings (SSSR count). The van der Waals surface area contributed by atoms with Crippen LogP contribution in [-0.2, 0) is 6.54 Å². The maximum Gasteiger partial charge on any atom is 0.160 e. The molecule has 0 aliphatic heterocycles. The molecule has 0 unspecified atom stereocenters. The molecule has 0 spiro atoms. The van der Waals surface area contributed by atoms with E-state index in [4.69, 9.17) is 5.26 Å². The van der Waals surface area contributed by atoms with E-state index in [-0.39, 0.29) is 0 Å². The molecule has 0 bridgehead atoms. The third-order valence-corrected chi connectivity index (χ3v) is 3.60. The van der Waals surface area contributed by atoms with Crippen molar-refractivity contribution in [3.05, 3.63) is 58.0 Å². The summed E-state index contributed by atoms with van der Waals surface area (Å²) in [6.45, 7) is 2.67. The summed E-state index contributed by atoms with van der Waals surface area (Å²) < 4.78 is 3.00. The monoisotopic (exact) mass is 326 g/mol. The summed E-state index contributed by atoms with van der Waals surface area (Å²) in [7, 11) is 0. The van der Waals surface area contributed by atoms with E-state index < -0.39 is 0 Å². The van der Waals surface area contributed by atoms with Gasteiger partial charge in [-0.3, -0.25) is 0 Å². The molecule has 2 aromatic heterocycles. The van der Waals surface area contributed by atoms with Gasteiger partial charge in [0.05, 0.1) is 18.2 Å².